The van der Waals surface area contributed by atoms with Crippen molar-refractivity contribution in [3.63, 3.8) is 0 Å². The Kier molecular flexibility index (Phi) is 12.0. The SMILES string of the molecule is COc1c(OC)c(Br)c2/c(c1Br)=c1/c(Br)c(OC)c(OC)c(Br)/c1=c1\c(Br)c(OC)c(OC)c(Br)\c1=c1/c(Br)c(OC)c(OC)c(Br)/c1=2. The molecule has 0 aromatic heterocycles. The van der Waals surface area contributed by atoms with Gasteiger partial charge in [-0.05, 0) is 127 Å². The van der Waals surface area contributed by atoms with Gasteiger partial charge in [0.1, 0.15) is 0 Å². The molecule has 16 heteroatoms. The van der Waals surface area contributed by atoms with E-state index in [0.29, 0.717) is 124 Å². The molecule has 0 amide bonds. The molecule has 0 unspecified atom stereocenters. The summed E-state index contributed by atoms with van der Waals surface area (Å²) in [6.07, 6.45) is 0. The van der Waals surface area contributed by atoms with Gasteiger partial charge in [0.05, 0.1) is 92.7 Å². The third-order valence-corrected chi connectivity index (χ3v) is 13.9. The van der Waals surface area contributed by atoms with Crippen molar-refractivity contribution < 1.29 is 37.9 Å². The lowest BCUT2D eigenvalue weighted by molar-refractivity contribution is 0.348. The van der Waals surface area contributed by atoms with E-state index < -0.39 is 0 Å². The molecule has 4 aromatic carbocycles. The van der Waals surface area contributed by atoms with E-state index >= 15 is 0 Å². The van der Waals surface area contributed by atoms with Gasteiger partial charge in [-0.15, -0.1) is 0 Å². The van der Waals surface area contributed by atoms with Crippen molar-refractivity contribution in [1.82, 2.24) is 0 Å². The fourth-order valence-electron chi connectivity index (χ4n) is 5.92. The van der Waals surface area contributed by atoms with E-state index in [0.717, 1.165) is 0 Å². The van der Waals surface area contributed by atoms with E-state index in [9.17, 15) is 0 Å². The van der Waals surface area contributed by atoms with Gasteiger partial charge in [0, 0.05) is 41.7 Å². The van der Waals surface area contributed by atoms with Gasteiger partial charge in [-0.2, -0.15) is 0 Å². The topological polar surface area (TPSA) is 73.8 Å². The number of benzene rings is 4. The van der Waals surface area contributed by atoms with Crippen LogP contribution in [-0.4, -0.2) is 56.9 Å². The minimum atomic E-state index is 0.456. The third-order valence-electron chi connectivity index (χ3n) is 7.81. The molecule has 5 rings (SSSR count). The van der Waals surface area contributed by atoms with Crippen LogP contribution in [0.3, 0.4) is 0 Å². The summed E-state index contributed by atoms with van der Waals surface area (Å²) in [5.74, 6) is 3.65. The minimum absolute atomic E-state index is 0.456. The molecule has 8 nitrogen and oxygen atoms in total. The summed E-state index contributed by atoms with van der Waals surface area (Å²) in [6.45, 7) is 0. The largest absolute Gasteiger partial charge is 0.492 e. The molecule has 0 bridgehead atoms. The highest BCUT2D eigenvalue weighted by Crippen LogP contribution is 2.52. The average molecular weight is 1180 g/mol. The van der Waals surface area contributed by atoms with Gasteiger partial charge in [-0.25, -0.2) is 0 Å². The molecule has 1 aliphatic carbocycles. The van der Waals surface area contributed by atoms with E-state index in [-0.39, 0.29) is 0 Å². The molecule has 1 aliphatic rings. The van der Waals surface area contributed by atoms with Crippen LogP contribution >= 0.6 is 127 Å². The van der Waals surface area contributed by atoms with Gasteiger partial charge >= 0.3 is 0 Å². The van der Waals surface area contributed by atoms with E-state index in [1.165, 1.54) is 0 Å². The van der Waals surface area contributed by atoms with Crippen molar-refractivity contribution in [2.45, 2.75) is 0 Å². The van der Waals surface area contributed by atoms with Crippen molar-refractivity contribution in [3.8, 4) is 46.0 Å². The maximum absolute atomic E-state index is 5.97. The highest BCUT2D eigenvalue weighted by Gasteiger charge is 2.29. The second-order valence-corrected chi connectivity index (χ2v) is 16.1. The molecular formula is C32H24Br8O8. The van der Waals surface area contributed by atoms with Crippen LogP contribution < -0.4 is 37.9 Å². The molecule has 0 spiro atoms. The van der Waals surface area contributed by atoms with Gasteiger partial charge in [0.2, 0.25) is 0 Å². The first-order chi connectivity index (χ1) is 22.9. The molecule has 0 aliphatic heterocycles. The minimum Gasteiger partial charge on any atom is -0.492 e. The zero-order valence-electron chi connectivity index (χ0n) is 26.3. The van der Waals surface area contributed by atoms with Crippen LogP contribution in [0.1, 0.15) is 0 Å². The summed E-state index contributed by atoms with van der Waals surface area (Å²) in [7, 11) is 12.7. The number of methoxy groups -OCH3 is 8. The van der Waals surface area contributed by atoms with E-state index in [2.05, 4.69) is 127 Å². The summed E-state index contributed by atoms with van der Waals surface area (Å²) in [5, 5.41) is 5.72. The molecule has 256 valence electrons. The van der Waals surface area contributed by atoms with Crippen LogP contribution in [0.5, 0.6) is 46.0 Å². The second kappa shape index (κ2) is 15.0. The van der Waals surface area contributed by atoms with Gasteiger partial charge in [0.15, 0.2) is 46.0 Å². The molecule has 0 radical (unpaired) electrons. The Labute approximate surface area is 342 Å². The van der Waals surface area contributed by atoms with E-state index in [1.807, 2.05) is 0 Å². The maximum Gasteiger partial charge on any atom is 0.176 e. The Morgan fingerprint density at radius 1 is 0.208 bits per heavy atom. The second-order valence-electron chi connectivity index (χ2n) is 9.78. The fraction of sp³-hybridized carbons (Fsp3) is 0.250. The zero-order chi connectivity index (χ0) is 35.5. The maximum atomic E-state index is 5.97. The Morgan fingerprint density at radius 2 is 0.292 bits per heavy atom. The molecule has 0 saturated carbocycles. The van der Waals surface area contributed by atoms with Crippen LogP contribution in [0.4, 0.5) is 0 Å². The molecule has 0 saturated heterocycles. The van der Waals surface area contributed by atoms with Crippen LogP contribution in [0.25, 0.3) is 0 Å². The summed E-state index contributed by atoms with van der Waals surface area (Å²) in [4.78, 5) is 0. The van der Waals surface area contributed by atoms with Gasteiger partial charge in [-0.1, -0.05) is 0 Å². The van der Waals surface area contributed by atoms with E-state index in [4.69, 9.17) is 37.9 Å². The monoisotopic (exact) mass is 1170 g/mol. The highest BCUT2D eigenvalue weighted by atomic mass is 79.9. The standard InChI is InChI=1S/C32H24Br8O8/c1-41-25-17(33)9-10(18(34)26(25)42-2)12-14(22(38)30(46-6)28(44-4)20(12)36)16-15(23(39)31(47-7)32(48-8)24(16)40)13-11(9)19(35)27(43-3)29(45-5)21(13)37/h1-8H3/b11-9-,12-10-,15-13-,16-14-. The van der Waals surface area contributed by atoms with Gasteiger partial charge < -0.3 is 37.9 Å². The Morgan fingerprint density at radius 3 is 0.354 bits per heavy atom. The highest BCUT2D eigenvalue weighted by molar-refractivity contribution is 9.12. The number of rotatable bonds is 8. The normalized spacial score (nSPS) is 14.3. The zero-order valence-corrected chi connectivity index (χ0v) is 39.0. The van der Waals surface area contributed by atoms with Crippen LogP contribution in [-0.2, 0) is 0 Å². The fourth-order valence-corrected chi connectivity index (χ4v) is 11.8. The first-order valence-electron chi connectivity index (χ1n) is 13.4. The van der Waals surface area contributed by atoms with Crippen molar-refractivity contribution in [3.05, 3.63) is 77.5 Å². The van der Waals surface area contributed by atoms with Crippen molar-refractivity contribution in [2.24, 2.45) is 0 Å². The number of ether oxygens (including phenoxy) is 8. The number of halogens is 8. The molecule has 4 aromatic rings. The Bertz CT molecular complexity index is 1890. The quantitative estimate of drug-likeness (QED) is 0.152. The molecule has 0 atom stereocenters. The van der Waals surface area contributed by atoms with Gasteiger partial charge in [0.25, 0.3) is 0 Å². The average Bonchev–Trinajstić information content (AvgIpc) is 3.06. The number of hydrogen-bond acceptors (Lipinski definition) is 8. The first kappa shape index (κ1) is 38.4. The summed E-state index contributed by atoms with van der Waals surface area (Å²) in [5.41, 5.74) is 0. The summed E-state index contributed by atoms with van der Waals surface area (Å²) >= 11 is 31.4. The lowest BCUT2D eigenvalue weighted by Gasteiger charge is -2.20. The van der Waals surface area contributed by atoms with Crippen molar-refractivity contribution in [1.29, 1.82) is 0 Å². The summed E-state index contributed by atoms with van der Waals surface area (Å²) < 4.78 is 52.6. The number of fused-ring (bicyclic) bond motifs is 4. The smallest absolute Gasteiger partial charge is 0.176 e. The molecule has 0 heterocycles. The molecule has 0 N–H and O–H groups in total. The van der Waals surface area contributed by atoms with E-state index in [1.54, 1.807) is 56.9 Å². The first-order valence-corrected chi connectivity index (χ1v) is 19.8. The van der Waals surface area contributed by atoms with Crippen molar-refractivity contribution in [2.75, 3.05) is 56.9 Å². The van der Waals surface area contributed by atoms with Crippen LogP contribution in [0.15, 0.2) is 35.8 Å². The number of hydrogen-bond donors (Lipinski definition) is 0. The van der Waals surface area contributed by atoms with Crippen molar-refractivity contribution >= 4 is 127 Å². The van der Waals surface area contributed by atoms with Crippen LogP contribution in [0.2, 0.25) is 0 Å². The Hall–Kier alpha value is -0.880. The molecule has 0 fully saturated rings. The molecular weight excluding hydrogens is 1150 g/mol. The van der Waals surface area contributed by atoms with Crippen LogP contribution in [0, 0.1) is 41.7 Å². The summed E-state index contributed by atoms with van der Waals surface area (Å²) in [6, 6.07) is 0. The predicted molar refractivity (Wildman–Crippen MR) is 210 cm³/mol. The molecule has 48 heavy (non-hydrogen) atoms. The van der Waals surface area contributed by atoms with Gasteiger partial charge in [-0.3, -0.25) is 0 Å². The lowest BCUT2D eigenvalue weighted by atomic mass is 9.99. The predicted octanol–water partition coefficient (Wildman–Crippen LogP) is 11.3. The third kappa shape index (κ3) is 5.44. The lowest BCUT2D eigenvalue weighted by Crippen LogP contribution is -2.04. The Balaban J connectivity index is 2.70.